The summed E-state index contributed by atoms with van der Waals surface area (Å²) >= 11 is 0. The zero-order chi connectivity index (χ0) is 24.4. The number of fused-ring (bicyclic) bond motifs is 4. The van der Waals surface area contributed by atoms with Gasteiger partial charge >= 0.3 is 5.97 Å². The van der Waals surface area contributed by atoms with Crippen molar-refractivity contribution in [2.24, 2.45) is 0 Å². The van der Waals surface area contributed by atoms with Gasteiger partial charge in [-0.05, 0) is 59.7 Å². The minimum Gasteiger partial charge on any atom is -0.468 e. The summed E-state index contributed by atoms with van der Waals surface area (Å²) in [5, 5.41) is 3.30. The Labute approximate surface area is 207 Å². The third kappa shape index (κ3) is 4.09. The summed E-state index contributed by atoms with van der Waals surface area (Å²) in [6.07, 6.45) is 1.46. The molecule has 1 atom stereocenters. The third-order valence-corrected chi connectivity index (χ3v) is 7.64. The van der Waals surface area contributed by atoms with Crippen molar-refractivity contribution in [2.75, 3.05) is 33.3 Å². The second-order valence-electron chi connectivity index (χ2n) is 9.54. The number of Topliss-reactive ketones (excluding diaryl/α,β-unsaturated/α-hetero) is 1. The summed E-state index contributed by atoms with van der Waals surface area (Å²) in [5.74, 6) is -0.0187. The van der Waals surface area contributed by atoms with Gasteiger partial charge in [-0.1, -0.05) is 72.8 Å². The second-order valence-corrected chi connectivity index (χ2v) is 9.54. The molecule has 0 spiro atoms. The highest BCUT2D eigenvalue weighted by Gasteiger charge is 2.49. The Bertz CT molecular complexity index is 1170. The van der Waals surface area contributed by atoms with E-state index in [1.807, 2.05) is 24.3 Å². The molecule has 1 aliphatic heterocycles. The first kappa shape index (κ1) is 23.5. The average Bonchev–Trinajstić information content (AvgIpc) is 3.17. The van der Waals surface area contributed by atoms with Crippen molar-refractivity contribution in [1.82, 2.24) is 10.2 Å². The number of hydrogen-bond acceptors (Lipinski definition) is 5. The van der Waals surface area contributed by atoms with Crippen LogP contribution in [0.25, 0.3) is 22.3 Å². The van der Waals surface area contributed by atoms with E-state index >= 15 is 0 Å². The SMILES string of the molecule is COC(=O)C1(CCCN2CCNCC2C(C)=O)c2ccccc2-c2ccccc21.c1cc2ccc1-2. The smallest absolute Gasteiger partial charge is 0.320 e. The lowest BCUT2D eigenvalue weighted by atomic mass is 9.74. The van der Waals surface area contributed by atoms with Crippen molar-refractivity contribution in [1.29, 1.82) is 0 Å². The van der Waals surface area contributed by atoms with Crippen molar-refractivity contribution in [3.05, 3.63) is 83.9 Å². The Morgan fingerprint density at radius 2 is 1.51 bits per heavy atom. The Morgan fingerprint density at radius 3 is 2.00 bits per heavy atom. The van der Waals surface area contributed by atoms with E-state index in [2.05, 4.69) is 58.7 Å². The first-order valence-corrected chi connectivity index (χ1v) is 12.4. The van der Waals surface area contributed by atoms with Crippen molar-refractivity contribution in [3.63, 3.8) is 0 Å². The van der Waals surface area contributed by atoms with E-state index < -0.39 is 5.41 Å². The molecule has 4 aliphatic rings. The van der Waals surface area contributed by atoms with Gasteiger partial charge in [-0.2, -0.15) is 0 Å². The van der Waals surface area contributed by atoms with Gasteiger partial charge in [0.25, 0.3) is 0 Å². The van der Waals surface area contributed by atoms with Gasteiger partial charge in [0.15, 0.2) is 0 Å². The maximum atomic E-state index is 13.2. The molecule has 0 saturated carbocycles. The summed E-state index contributed by atoms with van der Waals surface area (Å²) in [7, 11) is 1.47. The van der Waals surface area contributed by atoms with Crippen LogP contribution in [-0.2, 0) is 19.7 Å². The number of carbonyl (C=O) groups is 2. The molecule has 0 aromatic heterocycles. The van der Waals surface area contributed by atoms with Crippen LogP contribution in [0.15, 0.2) is 72.8 Å². The Morgan fingerprint density at radius 1 is 0.943 bits per heavy atom. The van der Waals surface area contributed by atoms with E-state index in [9.17, 15) is 9.59 Å². The lowest BCUT2D eigenvalue weighted by Gasteiger charge is -2.36. The topological polar surface area (TPSA) is 58.6 Å². The van der Waals surface area contributed by atoms with Gasteiger partial charge in [0.2, 0.25) is 0 Å². The quantitative estimate of drug-likeness (QED) is 0.424. The number of piperazine rings is 1. The Balaban J connectivity index is 0.000000362. The number of nitrogens with one attached hydrogen (secondary N) is 1. The van der Waals surface area contributed by atoms with E-state index in [4.69, 9.17) is 4.74 Å². The maximum absolute atomic E-state index is 13.2. The zero-order valence-electron chi connectivity index (χ0n) is 20.4. The van der Waals surface area contributed by atoms with Gasteiger partial charge < -0.3 is 10.1 Å². The van der Waals surface area contributed by atoms with Gasteiger partial charge in [-0.3, -0.25) is 14.5 Å². The number of esters is 1. The molecule has 35 heavy (non-hydrogen) atoms. The molecular weight excluding hydrogens is 436 g/mol. The number of benzene rings is 3. The minimum absolute atomic E-state index is 0.0824. The van der Waals surface area contributed by atoms with Gasteiger partial charge in [-0.15, -0.1) is 0 Å². The van der Waals surface area contributed by atoms with Crippen LogP contribution in [0.4, 0.5) is 0 Å². The van der Waals surface area contributed by atoms with Gasteiger partial charge in [0.1, 0.15) is 11.2 Å². The first-order chi connectivity index (χ1) is 17.1. The molecule has 6 rings (SSSR count). The van der Waals surface area contributed by atoms with E-state index in [1.165, 1.54) is 18.2 Å². The van der Waals surface area contributed by atoms with Crippen LogP contribution < -0.4 is 5.32 Å². The van der Waals surface area contributed by atoms with Crippen molar-refractivity contribution in [2.45, 2.75) is 31.2 Å². The molecule has 1 fully saturated rings. The molecular formula is C30H32N2O3. The summed E-state index contributed by atoms with van der Waals surface area (Å²) in [6, 6.07) is 24.7. The fraction of sp³-hybridized carbons (Fsp3) is 0.333. The standard InChI is InChI=1S/C24H28N2O3.C6H4/c1-17(27)22-16-25-13-15-26(22)14-7-12-24(23(28)29-2)20-10-5-3-8-18(20)19-9-4-6-11-21(19)24;1-2-6-4-3-5(1)6/h3-6,8-11,22,25H,7,12-16H2,1-2H3;1-4H. The molecule has 1 heterocycles. The zero-order valence-corrected chi connectivity index (χ0v) is 20.4. The summed E-state index contributed by atoms with van der Waals surface area (Å²) in [4.78, 5) is 27.5. The molecule has 0 radical (unpaired) electrons. The largest absolute Gasteiger partial charge is 0.468 e. The van der Waals surface area contributed by atoms with Crippen LogP contribution in [0.2, 0.25) is 0 Å². The molecule has 5 nitrogen and oxygen atoms in total. The van der Waals surface area contributed by atoms with Crippen LogP contribution in [0, 0.1) is 0 Å². The lowest BCUT2D eigenvalue weighted by Crippen LogP contribution is -2.54. The number of ketones is 1. The number of carbonyl (C=O) groups excluding carboxylic acids is 2. The number of hydrogen-bond donors (Lipinski definition) is 1. The van der Waals surface area contributed by atoms with E-state index in [-0.39, 0.29) is 17.8 Å². The van der Waals surface area contributed by atoms with Crippen LogP contribution in [-0.4, -0.2) is 56.0 Å². The molecule has 0 amide bonds. The first-order valence-electron chi connectivity index (χ1n) is 12.4. The monoisotopic (exact) mass is 468 g/mol. The molecule has 1 saturated heterocycles. The van der Waals surface area contributed by atoms with Crippen LogP contribution in [0.3, 0.4) is 0 Å². The summed E-state index contributed by atoms with van der Waals surface area (Å²) in [6.45, 7) is 4.88. The number of methoxy groups -OCH3 is 1. The van der Waals surface area contributed by atoms with Gasteiger partial charge in [-0.25, -0.2) is 0 Å². The van der Waals surface area contributed by atoms with Crippen LogP contribution >= 0.6 is 0 Å². The highest BCUT2D eigenvalue weighted by molar-refractivity contribution is 5.98. The Hall–Kier alpha value is -3.28. The molecule has 180 valence electrons. The predicted octanol–water partition coefficient (Wildman–Crippen LogP) is 4.44. The van der Waals surface area contributed by atoms with Crippen LogP contribution in [0.1, 0.15) is 30.9 Å². The summed E-state index contributed by atoms with van der Waals surface area (Å²) < 4.78 is 5.34. The molecule has 1 N–H and O–H groups in total. The van der Waals surface area contributed by atoms with Gasteiger partial charge in [0, 0.05) is 19.6 Å². The minimum atomic E-state index is -0.790. The van der Waals surface area contributed by atoms with Crippen LogP contribution in [0.5, 0.6) is 0 Å². The predicted molar refractivity (Wildman–Crippen MR) is 138 cm³/mol. The molecule has 5 heteroatoms. The highest BCUT2D eigenvalue weighted by Crippen LogP contribution is 2.51. The van der Waals surface area contributed by atoms with Crippen molar-refractivity contribution in [3.8, 4) is 22.3 Å². The van der Waals surface area contributed by atoms with Crippen molar-refractivity contribution < 1.29 is 14.3 Å². The van der Waals surface area contributed by atoms with E-state index in [0.29, 0.717) is 13.0 Å². The lowest BCUT2D eigenvalue weighted by molar-refractivity contribution is -0.146. The molecule has 2 aromatic carbocycles. The third-order valence-electron chi connectivity index (χ3n) is 7.64. The maximum Gasteiger partial charge on any atom is 0.320 e. The molecule has 1 unspecified atom stereocenters. The van der Waals surface area contributed by atoms with E-state index in [1.54, 1.807) is 6.92 Å². The van der Waals surface area contributed by atoms with Crippen molar-refractivity contribution >= 4 is 11.8 Å². The fourth-order valence-corrected chi connectivity index (χ4v) is 5.72. The number of ether oxygens (including phenoxy) is 1. The highest BCUT2D eigenvalue weighted by atomic mass is 16.5. The molecule has 0 bridgehead atoms. The normalized spacial score (nSPS) is 18.5. The van der Waals surface area contributed by atoms with Gasteiger partial charge in [0.05, 0.1) is 13.2 Å². The second kappa shape index (κ2) is 9.76. The molecule has 3 aliphatic carbocycles. The molecule has 2 aromatic rings. The average molecular weight is 469 g/mol. The van der Waals surface area contributed by atoms with E-state index in [0.717, 1.165) is 48.3 Å². The summed E-state index contributed by atoms with van der Waals surface area (Å²) in [5.41, 5.74) is 6.33. The number of nitrogens with zero attached hydrogens (tertiary/aromatic N) is 1. The Kier molecular flexibility index (Phi) is 6.54. The number of rotatable bonds is 6. The fourth-order valence-electron chi connectivity index (χ4n) is 5.72.